The van der Waals surface area contributed by atoms with Crippen molar-refractivity contribution in [1.82, 2.24) is 0 Å². The van der Waals surface area contributed by atoms with E-state index in [1.54, 1.807) is 0 Å². The summed E-state index contributed by atoms with van der Waals surface area (Å²) < 4.78 is 10.3. The molecule has 1 aromatic rings. The first-order chi connectivity index (χ1) is 8.43. The van der Waals surface area contributed by atoms with Gasteiger partial charge in [0.05, 0.1) is 0 Å². The van der Waals surface area contributed by atoms with Crippen LogP contribution in [0.3, 0.4) is 0 Å². The third-order valence-corrected chi connectivity index (χ3v) is 3.64. The average molecular weight is 251 g/mol. The predicted octanol–water partition coefficient (Wildman–Crippen LogP) is 4.98. The van der Waals surface area contributed by atoms with Crippen LogP contribution in [-0.4, -0.2) is 6.16 Å². The van der Waals surface area contributed by atoms with E-state index in [2.05, 4.69) is 30.3 Å². The lowest BCUT2D eigenvalue weighted by molar-refractivity contribution is 0.581. The van der Waals surface area contributed by atoms with Crippen LogP contribution in [0.25, 0.3) is 0 Å². The fourth-order valence-electron chi connectivity index (χ4n) is 2.05. The van der Waals surface area contributed by atoms with Gasteiger partial charge in [-0.3, -0.25) is 0 Å². The molecule has 1 rings (SSSR count). The molecule has 0 radical (unpaired) electrons. The van der Waals surface area contributed by atoms with Gasteiger partial charge in [0, 0.05) is 0 Å². The van der Waals surface area contributed by atoms with Crippen molar-refractivity contribution in [2.75, 3.05) is 6.16 Å². The smallest absolute Gasteiger partial charge is 0.0775 e. The van der Waals surface area contributed by atoms with Crippen molar-refractivity contribution in [3.8, 4) is 0 Å². The fourth-order valence-corrected chi connectivity index (χ4v) is 2.45. The molecule has 2 heteroatoms. The highest BCUT2D eigenvalue weighted by Crippen LogP contribution is 2.11. The molecule has 0 aliphatic carbocycles. The van der Waals surface area contributed by atoms with E-state index in [1.807, 2.05) is 0 Å². The Balaban J connectivity index is 1.86. The number of rotatable bonds is 10. The fraction of sp³-hybridized carbons (Fsp3) is 0.600. The van der Waals surface area contributed by atoms with Crippen LogP contribution in [0.4, 0.5) is 0 Å². The van der Waals surface area contributed by atoms with Gasteiger partial charge in [-0.05, 0) is 31.2 Å². The maximum atomic E-state index is 10.3. The molecule has 17 heavy (non-hydrogen) atoms. The third kappa shape index (κ3) is 8.10. The van der Waals surface area contributed by atoms with Crippen LogP contribution in [0, 0.1) is 0 Å². The Hall–Kier alpha value is -0.680. The molecule has 0 saturated carbocycles. The molecule has 1 atom stereocenters. The van der Waals surface area contributed by atoms with Crippen molar-refractivity contribution in [2.24, 2.45) is 0 Å². The topological polar surface area (TPSA) is 17.1 Å². The highest BCUT2D eigenvalue weighted by atomic mass is 31.1. The van der Waals surface area contributed by atoms with Crippen LogP contribution in [0.2, 0.25) is 0 Å². The zero-order valence-corrected chi connectivity index (χ0v) is 11.7. The first-order valence-corrected chi connectivity index (χ1v) is 7.94. The Bertz CT molecular complexity index is 284. The predicted molar refractivity (Wildman–Crippen MR) is 76.3 cm³/mol. The van der Waals surface area contributed by atoms with Crippen molar-refractivity contribution in [3.05, 3.63) is 35.9 Å². The van der Waals surface area contributed by atoms with Crippen LogP contribution in [0.5, 0.6) is 0 Å². The lowest BCUT2D eigenvalue weighted by Crippen LogP contribution is -1.86. The minimum absolute atomic E-state index is 0.0961. The summed E-state index contributed by atoms with van der Waals surface area (Å²) in [6.07, 6.45) is 11.2. The SMILES string of the molecule is O=[PH+]CCCCCCCCCc1ccccc1. The molecule has 0 fully saturated rings. The normalized spacial score (nSPS) is 10.8. The average Bonchev–Trinajstić information content (AvgIpc) is 2.38. The monoisotopic (exact) mass is 251 g/mol. The number of benzene rings is 1. The van der Waals surface area contributed by atoms with Gasteiger partial charge >= 0.3 is 8.46 Å². The van der Waals surface area contributed by atoms with Crippen LogP contribution >= 0.6 is 8.46 Å². The largest absolute Gasteiger partial charge is 0.324 e. The van der Waals surface area contributed by atoms with Gasteiger partial charge in [-0.25, -0.2) is 0 Å². The number of aryl methyl sites for hydroxylation is 1. The van der Waals surface area contributed by atoms with Crippen LogP contribution in [-0.2, 0) is 11.0 Å². The molecule has 0 bridgehead atoms. The zero-order chi connectivity index (χ0) is 12.2. The highest BCUT2D eigenvalue weighted by Gasteiger charge is 1.95. The Labute approximate surface area is 107 Å². The molecule has 1 aromatic carbocycles. The van der Waals surface area contributed by atoms with Gasteiger partial charge in [-0.1, -0.05) is 60.6 Å². The summed E-state index contributed by atoms with van der Waals surface area (Å²) in [6, 6.07) is 10.7. The second-order valence-electron chi connectivity index (χ2n) is 4.60. The van der Waals surface area contributed by atoms with Crippen molar-refractivity contribution >= 4 is 8.46 Å². The van der Waals surface area contributed by atoms with Gasteiger partial charge in [-0.15, -0.1) is 0 Å². The second-order valence-corrected chi connectivity index (χ2v) is 5.39. The lowest BCUT2D eigenvalue weighted by atomic mass is 10.0. The molecule has 0 spiro atoms. The van der Waals surface area contributed by atoms with Gasteiger partial charge in [0.25, 0.3) is 0 Å². The van der Waals surface area contributed by atoms with Crippen molar-refractivity contribution in [1.29, 1.82) is 0 Å². The van der Waals surface area contributed by atoms with Crippen LogP contribution in [0.1, 0.15) is 50.5 Å². The van der Waals surface area contributed by atoms with Gasteiger partial charge < -0.3 is 0 Å². The zero-order valence-electron chi connectivity index (χ0n) is 10.7. The van der Waals surface area contributed by atoms with E-state index in [9.17, 15) is 4.57 Å². The first kappa shape index (κ1) is 14.4. The maximum absolute atomic E-state index is 10.3. The third-order valence-electron chi connectivity index (χ3n) is 3.09. The van der Waals surface area contributed by atoms with E-state index in [1.165, 1.54) is 50.5 Å². The molecule has 0 saturated heterocycles. The van der Waals surface area contributed by atoms with E-state index in [0.29, 0.717) is 0 Å². The van der Waals surface area contributed by atoms with Gasteiger partial charge in [0.2, 0.25) is 0 Å². The van der Waals surface area contributed by atoms with E-state index in [4.69, 9.17) is 0 Å². The molecular weight excluding hydrogens is 227 g/mol. The number of hydrogen-bond acceptors (Lipinski definition) is 1. The first-order valence-electron chi connectivity index (χ1n) is 6.82. The Morgan fingerprint density at radius 2 is 1.35 bits per heavy atom. The molecule has 0 amide bonds. The molecule has 94 valence electrons. The molecule has 1 unspecified atom stereocenters. The Morgan fingerprint density at radius 1 is 0.765 bits per heavy atom. The maximum Gasteiger partial charge on any atom is 0.324 e. The van der Waals surface area contributed by atoms with Crippen molar-refractivity contribution < 1.29 is 4.57 Å². The Kier molecular flexibility index (Phi) is 8.86. The van der Waals surface area contributed by atoms with Gasteiger partial charge in [-0.2, -0.15) is 0 Å². The number of hydrogen-bond donors (Lipinski definition) is 0. The lowest BCUT2D eigenvalue weighted by Gasteiger charge is -2.01. The highest BCUT2D eigenvalue weighted by molar-refractivity contribution is 7.23. The van der Waals surface area contributed by atoms with Crippen molar-refractivity contribution in [3.63, 3.8) is 0 Å². The summed E-state index contributed by atoms with van der Waals surface area (Å²) in [6.45, 7) is 0. The standard InChI is InChI=1S/C15H23OP/c16-17-14-10-5-3-1-2-4-7-11-15-12-8-6-9-13-15/h6,8-9,12-13H,1-5,7,10-11,14H2/p+1. The van der Waals surface area contributed by atoms with Gasteiger partial charge in [0.15, 0.2) is 0 Å². The Morgan fingerprint density at radius 3 is 2.00 bits per heavy atom. The molecule has 0 N–H and O–H groups in total. The molecule has 1 nitrogen and oxygen atoms in total. The minimum Gasteiger partial charge on any atom is -0.0775 e. The van der Waals surface area contributed by atoms with E-state index in [0.717, 1.165) is 12.6 Å². The summed E-state index contributed by atoms with van der Waals surface area (Å²) in [5, 5.41) is 0. The van der Waals surface area contributed by atoms with Crippen LogP contribution < -0.4 is 0 Å². The second kappa shape index (κ2) is 10.5. The summed E-state index contributed by atoms with van der Waals surface area (Å²) in [5.41, 5.74) is 1.46. The quantitative estimate of drug-likeness (QED) is 0.423. The van der Waals surface area contributed by atoms with E-state index >= 15 is 0 Å². The molecule has 0 aromatic heterocycles. The van der Waals surface area contributed by atoms with Gasteiger partial charge in [0.1, 0.15) is 6.16 Å². The number of unbranched alkanes of at least 4 members (excludes halogenated alkanes) is 6. The molecule has 0 aliphatic rings. The summed E-state index contributed by atoms with van der Waals surface area (Å²) in [5.74, 6) is 0. The minimum atomic E-state index is -0.0961. The summed E-state index contributed by atoms with van der Waals surface area (Å²) >= 11 is 0. The summed E-state index contributed by atoms with van der Waals surface area (Å²) in [4.78, 5) is 0. The van der Waals surface area contributed by atoms with Crippen molar-refractivity contribution in [2.45, 2.75) is 51.4 Å². The molecule has 0 heterocycles. The van der Waals surface area contributed by atoms with Crippen LogP contribution in [0.15, 0.2) is 30.3 Å². The van der Waals surface area contributed by atoms with E-state index in [-0.39, 0.29) is 8.46 Å². The molecule has 0 aliphatic heterocycles. The summed E-state index contributed by atoms with van der Waals surface area (Å²) in [7, 11) is -0.0961. The van der Waals surface area contributed by atoms with E-state index < -0.39 is 0 Å². The molecular formula is C15H24OP+.